The van der Waals surface area contributed by atoms with Crippen LogP contribution in [0.3, 0.4) is 0 Å². The van der Waals surface area contributed by atoms with Gasteiger partial charge in [-0.25, -0.2) is 4.98 Å². The van der Waals surface area contributed by atoms with Gasteiger partial charge in [-0.05, 0) is 6.42 Å². The number of piperazine rings is 1. The van der Waals surface area contributed by atoms with Crippen molar-refractivity contribution in [1.82, 2.24) is 25.1 Å². The second-order valence-electron chi connectivity index (χ2n) is 6.59. The molecule has 0 radical (unpaired) electrons. The molecule has 3 heterocycles. The number of nitrogens with one attached hydrogen (secondary N) is 2. The fraction of sp³-hybridized carbons (Fsp3) is 0.500. The number of likely N-dealkylation sites (tertiary alicyclic amines) is 1. The average molecular weight is 311 g/mol. The van der Waals surface area contributed by atoms with Crippen LogP contribution >= 0.6 is 0 Å². The van der Waals surface area contributed by atoms with Crippen molar-refractivity contribution in [3.8, 4) is 11.4 Å². The Morgan fingerprint density at radius 3 is 2.74 bits per heavy atom. The van der Waals surface area contributed by atoms with E-state index in [0.717, 1.165) is 37.1 Å². The van der Waals surface area contributed by atoms with E-state index in [4.69, 9.17) is 0 Å². The molecule has 5 heteroatoms. The Labute approximate surface area is 137 Å². The van der Waals surface area contributed by atoms with E-state index in [-0.39, 0.29) is 0 Å². The van der Waals surface area contributed by atoms with Crippen molar-refractivity contribution >= 4 is 0 Å². The van der Waals surface area contributed by atoms with E-state index in [0.29, 0.717) is 0 Å². The van der Waals surface area contributed by atoms with Gasteiger partial charge in [0.15, 0.2) is 0 Å². The third kappa shape index (κ3) is 3.47. The molecular formula is C18H25N5. The molecule has 5 nitrogen and oxygen atoms in total. The number of imidazole rings is 1. The quantitative estimate of drug-likeness (QED) is 0.899. The molecular weight excluding hydrogens is 286 g/mol. The Kier molecular flexibility index (Phi) is 4.41. The molecule has 0 aliphatic carbocycles. The van der Waals surface area contributed by atoms with Gasteiger partial charge in [0.2, 0.25) is 0 Å². The highest BCUT2D eigenvalue weighted by Gasteiger charge is 2.28. The zero-order chi connectivity index (χ0) is 15.5. The lowest BCUT2D eigenvalue weighted by molar-refractivity contribution is 0.170. The van der Waals surface area contributed by atoms with Crippen LogP contribution < -0.4 is 5.32 Å². The topological polar surface area (TPSA) is 47.2 Å². The largest absolute Gasteiger partial charge is 0.341 e. The summed E-state index contributed by atoms with van der Waals surface area (Å²) in [6, 6.07) is 11.1. The number of rotatable bonds is 4. The summed E-state index contributed by atoms with van der Waals surface area (Å²) in [5.41, 5.74) is 2.36. The van der Waals surface area contributed by atoms with Crippen molar-refractivity contribution in [1.29, 1.82) is 0 Å². The smallest absolute Gasteiger partial charge is 0.137 e. The van der Waals surface area contributed by atoms with Crippen molar-refractivity contribution in [2.45, 2.75) is 19.0 Å². The summed E-state index contributed by atoms with van der Waals surface area (Å²) in [7, 11) is 0. The van der Waals surface area contributed by atoms with E-state index in [9.17, 15) is 0 Å². The summed E-state index contributed by atoms with van der Waals surface area (Å²) in [6.45, 7) is 8.01. The van der Waals surface area contributed by atoms with E-state index in [1.165, 1.54) is 38.3 Å². The number of H-pyrrole nitrogens is 1. The molecule has 4 rings (SSSR count). The van der Waals surface area contributed by atoms with Crippen LogP contribution in [0.25, 0.3) is 11.4 Å². The lowest BCUT2D eigenvalue weighted by atomic mass is 10.2. The van der Waals surface area contributed by atoms with Crippen molar-refractivity contribution < 1.29 is 0 Å². The summed E-state index contributed by atoms with van der Waals surface area (Å²) in [5.74, 6) is 0.971. The number of hydrogen-bond acceptors (Lipinski definition) is 4. The summed E-state index contributed by atoms with van der Waals surface area (Å²) >= 11 is 0. The third-order valence-electron chi connectivity index (χ3n) is 4.99. The number of benzene rings is 1. The van der Waals surface area contributed by atoms with Crippen LogP contribution in [-0.2, 0) is 6.54 Å². The van der Waals surface area contributed by atoms with Gasteiger partial charge in [0.05, 0.1) is 0 Å². The minimum absolute atomic E-state index is 0.730. The molecule has 1 aromatic carbocycles. The molecule has 122 valence electrons. The number of nitrogens with zero attached hydrogens (tertiary/aromatic N) is 3. The minimum Gasteiger partial charge on any atom is -0.341 e. The zero-order valence-corrected chi connectivity index (χ0v) is 13.5. The van der Waals surface area contributed by atoms with E-state index in [1.54, 1.807) is 0 Å². The van der Waals surface area contributed by atoms with Crippen molar-refractivity contribution in [3.05, 3.63) is 42.2 Å². The molecule has 0 spiro atoms. The lowest BCUT2D eigenvalue weighted by Gasteiger charge is -2.32. The first-order chi connectivity index (χ1) is 11.4. The van der Waals surface area contributed by atoms with Crippen molar-refractivity contribution in [3.63, 3.8) is 0 Å². The minimum atomic E-state index is 0.730. The molecule has 0 bridgehead atoms. The molecule has 2 fully saturated rings. The zero-order valence-electron chi connectivity index (χ0n) is 13.5. The molecule has 2 aliphatic rings. The number of hydrogen-bond donors (Lipinski definition) is 2. The summed E-state index contributed by atoms with van der Waals surface area (Å²) in [5, 5.41) is 3.44. The van der Waals surface area contributed by atoms with Crippen molar-refractivity contribution in [2.24, 2.45) is 0 Å². The summed E-state index contributed by atoms with van der Waals surface area (Å²) in [6.07, 6.45) is 3.28. The van der Waals surface area contributed by atoms with Crippen LogP contribution in [0, 0.1) is 0 Å². The van der Waals surface area contributed by atoms with Gasteiger partial charge in [-0.15, -0.1) is 0 Å². The Bertz CT molecular complexity index is 617. The normalized spacial score (nSPS) is 23.4. The molecule has 1 unspecified atom stereocenters. The van der Waals surface area contributed by atoms with Gasteiger partial charge >= 0.3 is 0 Å². The van der Waals surface area contributed by atoms with Gasteiger partial charge < -0.3 is 10.3 Å². The fourth-order valence-corrected chi connectivity index (χ4v) is 3.72. The Morgan fingerprint density at radius 2 is 1.91 bits per heavy atom. The van der Waals surface area contributed by atoms with Gasteiger partial charge in [-0.3, -0.25) is 9.80 Å². The van der Waals surface area contributed by atoms with Crippen LogP contribution in [-0.4, -0.2) is 65.1 Å². The summed E-state index contributed by atoms with van der Waals surface area (Å²) < 4.78 is 0. The molecule has 1 aromatic heterocycles. The van der Waals surface area contributed by atoms with E-state index in [2.05, 4.69) is 49.4 Å². The molecule has 2 N–H and O–H groups in total. The highest BCUT2D eigenvalue weighted by atomic mass is 15.3. The highest BCUT2D eigenvalue weighted by Crippen LogP contribution is 2.20. The van der Waals surface area contributed by atoms with Gasteiger partial charge in [0.1, 0.15) is 5.82 Å². The maximum atomic E-state index is 4.54. The fourth-order valence-electron chi connectivity index (χ4n) is 3.72. The second kappa shape index (κ2) is 6.83. The van der Waals surface area contributed by atoms with Crippen LogP contribution in [0.15, 0.2) is 36.5 Å². The van der Waals surface area contributed by atoms with Gasteiger partial charge in [0, 0.05) is 69.3 Å². The molecule has 2 aliphatic heterocycles. The van der Waals surface area contributed by atoms with Crippen LogP contribution in [0.2, 0.25) is 0 Å². The highest BCUT2D eigenvalue weighted by molar-refractivity contribution is 5.54. The maximum Gasteiger partial charge on any atom is 0.137 e. The Morgan fingerprint density at radius 1 is 1.09 bits per heavy atom. The molecule has 1 atom stereocenters. The first-order valence-corrected chi connectivity index (χ1v) is 8.65. The maximum absolute atomic E-state index is 4.54. The first kappa shape index (κ1) is 14.9. The predicted molar refractivity (Wildman–Crippen MR) is 92.1 cm³/mol. The summed E-state index contributed by atoms with van der Waals surface area (Å²) in [4.78, 5) is 13.2. The van der Waals surface area contributed by atoms with Crippen LogP contribution in [0.1, 0.15) is 12.1 Å². The molecule has 0 amide bonds. The van der Waals surface area contributed by atoms with E-state index >= 15 is 0 Å². The van der Waals surface area contributed by atoms with E-state index < -0.39 is 0 Å². The van der Waals surface area contributed by atoms with Crippen molar-refractivity contribution in [2.75, 3.05) is 39.3 Å². The average Bonchev–Trinajstić information content (AvgIpc) is 3.27. The SMILES string of the molecule is c1ccc(-c2ncc(CN3CCC(N4CCNCC4)C3)[nH]2)cc1. The first-order valence-electron chi connectivity index (χ1n) is 8.65. The molecule has 0 saturated carbocycles. The predicted octanol–water partition coefficient (Wildman–Crippen LogP) is 1.56. The van der Waals surface area contributed by atoms with Crippen LogP contribution in [0.5, 0.6) is 0 Å². The molecule has 2 aromatic rings. The monoisotopic (exact) mass is 311 g/mol. The van der Waals surface area contributed by atoms with E-state index in [1.807, 2.05) is 12.3 Å². The number of aromatic nitrogens is 2. The molecule has 2 saturated heterocycles. The van der Waals surface area contributed by atoms with Gasteiger partial charge in [-0.1, -0.05) is 30.3 Å². The van der Waals surface area contributed by atoms with Gasteiger partial charge in [-0.2, -0.15) is 0 Å². The van der Waals surface area contributed by atoms with Crippen LogP contribution in [0.4, 0.5) is 0 Å². The van der Waals surface area contributed by atoms with Gasteiger partial charge in [0.25, 0.3) is 0 Å². The Balaban J connectivity index is 1.35. The standard InChI is InChI=1S/C18H25N5/c1-2-4-15(5-3-1)18-20-12-16(21-18)13-22-9-6-17(14-22)23-10-7-19-8-11-23/h1-5,12,17,19H,6-11,13-14H2,(H,20,21). The number of aromatic amines is 1. The second-order valence-corrected chi connectivity index (χ2v) is 6.59. The third-order valence-corrected chi connectivity index (χ3v) is 4.99. The Hall–Kier alpha value is -1.69. The molecule has 23 heavy (non-hydrogen) atoms. The lowest BCUT2D eigenvalue weighted by Crippen LogP contribution is -2.49.